The summed E-state index contributed by atoms with van der Waals surface area (Å²) >= 11 is 1.69. The molecule has 0 fully saturated rings. The number of carbonyl (C=O) groups excluding carboxylic acids is 1. The summed E-state index contributed by atoms with van der Waals surface area (Å²) in [7, 11) is 0. The maximum Gasteiger partial charge on any atom is 0.416 e. The lowest BCUT2D eigenvalue weighted by molar-refractivity contribution is -0.137. The molecule has 0 bridgehead atoms. The van der Waals surface area contributed by atoms with Crippen molar-refractivity contribution in [1.82, 2.24) is 0 Å². The number of alkyl halides is 3. The molecule has 0 aliphatic carbocycles. The second kappa shape index (κ2) is 6.92. The summed E-state index contributed by atoms with van der Waals surface area (Å²) < 4.78 is 38.2. The van der Waals surface area contributed by atoms with E-state index < -0.39 is 17.7 Å². The molecule has 0 amide bonds. The van der Waals surface area contributed by atoms with Crippen LogP contribution >= 0.6 is 11.8 Å². The second-order valence-corrected chi connectivity index (χ2v) is 6.73. The quantitative estimate of drug-likeness (QED) is 0.551. The average molecular weight is 365 g/mol. The van der Waals surface area contributed by atoms with Crippen LogP contribution in [0.2, 0.25) is 0 Å². The average Bonchev–Trinajstić information content (AvgIpc) is 2.59. The van der Waals surface area contributed by atoms with Crippen molar-refractivity contribution in [3.05, 3.63) is 64.7 Å². The molecule has 0 aromatic heterocycles. The largest absolute Gasteiger partial charge is 0.416 e. The number of aryl methyl sites for hydroxylation is 1. The molecule has 25 heavy (non-hydrogen) atoms. The van der Waals surface area contributed by atoms with Gasteiger partial charge < -0.3 is 4.84 Å². The Balaban J connectivity index is 1.82. The number of hydrogen-bond acceptors (Lipinski definition) is 4. The van der Waals surface area contributed by atoms with E-state index in [-0.39, 0.29) is 5.56 Å². The number of carbonyl (C=O) groups is 1. The molecule has 0 spiro atoms. The van der Waals surface area contributed by atoms with E-state index in [0.717, 1.165) is 33.9 Å². The summed E-state index contributed by atoms with van der Waals surface area (Å²) in [5.41, 5.74) is 1.49. The minimum absolute atomic E-state index is 0.186. The summed E-state index contributed by atoms with van der Waals surface area (Å²) in [6.07, 6.45) is -3.89. The first-order valence-electron chi connectivity index (χ1n) is 7.54. The molecule has 2 aromatic rings. The highest BCUT2D eigenvalue weighted by Crippen LogP contribution is 2.31. The third kappa shape index (κ3) is 4.04. The SMILES string of the molecule is Cc1ccc2c(c1)C(=NOC(=O)c1cccc(C(F)(F)F)c1)CCS2. The Kier molecular flexibility index (Phi) is 4.85. The summed E-state index contributed by atoms with van der Waals surface area (Å²) in [5.74, 6) is -0.109. The molecule has 0 N–H and O–H groups in total. The smallest absolute Gasteiger partial charge is 0.313 e. The van der Waals surface area contributed by atoms with Crippen molar-refractivity contribution >= 4 is 23.4 Å². The van der Waals surface area contributed by atoms with Crippen LogP contribution < -0.4 is 0 Å². The zero-order chi connectivity index (χ0) is 18.0. The van der Waals surface area contributed by atoms with Gasteiger partial charge in [0, 0.05) is 22.6 Å². The van der Waals surface area contributed by atoms with Gasteiger partial charge >= 0.3 is 12.1 Å². The monoisotopic (exact) mass is 365 g/mol. The van der Waals surface area contributed by atoms with Crippen LogP contribution in [0.5, 0.6) is 0 Å². The van der Waals surface area contributed by atoms with E-state index in [9.17, 15) is 18.0 Å². The minimum Gasteiger partial charge on any atom is -0.313 e. The first kappa shape index (κ1) is 17.5. The lowest BCUT2D eigenvalue weighted by Gasteiger charge is -2.17. The van der Waals surface area contributed by atoms with Gasteiger partial charge in [0.05, 0.1) is 16.8 Å². The molecule has 0 atom stereocenters. The summed E-state index contributed by atoms with van der Waals surface area (Å²) in [5, 5.41) is 3.91. The highest BCUT2D eigenvalue weighted by Gasteiger charge is 2.31. The standard InChI is InChI=1S/C18H14F3NO2S/c1-11-5-6-16-14(9-11)15(7-8-25-16)22-24-17(23)12-3-2-4-13(10-12)18(19,20)21/h2-6,9-10H,7-8H2,1H3. The van der Waals surface area contributed by atoms with Crippen molar-refractivity contribution in [1.29, 1.82) is 0 Å². The Morgan fingerprint density at radius 1 is 1.20 bits per heavy atom. The van der Waals surface area contributed by atoms with Gasteiger partial charge in [-0.3, -0.25) is 0 Å². The first-order chi connectivity index (χ1) is 11.8. The maximum absolute atomic E-state index is 12.7. The van der Waals surface area contributed by atoms with E-state index in [4.69, 9.17) is 4.84 Å². The zero-order valence-corrected chi connectivity index (χ0v) is 14.1. The molecule has 3 nitrogen and oxygen atoms in total. The Hall–Kier alpha value is -2.28. The van der Waals surface area contributed by atoms with Gasteiger partial charge in [-0.25, -0.2) is 4.79 Å². The molecule has 1 aliphatic heterocycles. The van der Waals surface area contributed by atoms with Crippen molar-refractivity contribution in [3.63, 3.8) is 0 Å². The maximum atomic E-state index is 12.7. The van der Waals surface area contributed by atoms with E-state index in [1.54, 1.807) is 11.8 Å². The van der Waals surface area contributed by atoms with E-state index >= 15 is 0 Å². The number of thioether (sulfide) groups is 1. The van der Waals surface area contributed by atoms with Crippen LogP contribution in [0, 0.1) is 6.92 Å². The summed E-state index contributed by atoms with van der Waals surface area (Å²) in [4.78, 5) is 18.0. The van der Waals surface area contributed by atoms with Crippen LogP contribution in [0.15, 0.2) is 52.5 Å². The predicted molar refractivity (Wildman–Crippen MR) is 89.9 cm³/mol. The van der Waals surface area contributed by atoms with Gasteiger partial charge in [0.25, 0.3) is 0 Å². The number of halogens is 3. The van der Waals surface area contributed by atoms with Gasteiger partial charge in [0.15, 0.2) is 0 Å². The fraction of sp³-hybridized carbons (Fsp3) is 0.222. The predicted octanol–water partition coefficient (Wildman–Crippen LogP) is 5.07. The van der Waals surface area contributed by atoms with E-state index in [2.05, 4.69) is 5.16 Å². The number of fused-ring (bicyclic) bond motifs is 1. The van der Waals surface area contributed by atoms with E-state index in [1.807, 2.05) is 25.1 Å². The lowest BCUT2D eigenvalue weighted by atomic mass is 10.1. The third-order valence-electron chi connectivity index (χ3n) is 3.71. The molecule has 0 saturated carbocycles. The summed E-state index contributed by atoms with van der Waals surface area (Å²) in [6.45, 7) is 1.95. The Labute approximate surface area is 146 Å². The van der Waals surface area contributed by atoms with Gasteiger partial charge in [-0.15, -0.1) is 11.8 Å². The van der Waals surface area contributed by atoms with Gasteiger partial charge in [-0.2, -0.15) is 13.2 Å². The zero-order valence-electron chi connectivity index (χ0n) is 13.3. The van der Waals surface area contributed by atoms with Gasteiger partial charge in [-0.05, 0) is 37.3 Å². The van der Waals surface area contributed by atoms with Crippen LogP contribution in [0.3, 0.4) is 0 Å². The molecular formula is C18H14F3NO2S. The topological polar surface area (TPSA) is 38.7 Å². The van der Waals surface area contributed by atoms with Crippen molar-refractivity contribution in [2.24, 2.45) is 5.16 Å². The number of nitrogens with zero attached hydrogens (tertiary/aromatic N) is 1. The van der Waals surface area contributed by atoms with Gasteiger partial charge in [0.2, 0.25) is 0 Å². The molecule has 7 heteroatoms. The van der Waals surface area contributed by atoms with Crippen molar-refractivity contribution in [3.8, 4) is 0 Å². The highest BCUT2D eigenvalue weighted by atomic mass is 32.2. The molecule has 0 radical (unpaired) electrons. The molecule has 1 heterocycles. The molecule has 0 unspecified atom stereocenters. The molecule has 1 aliphatic rings. The Morgan fingerprint density at radius 2 is 2.00 bits per heavy atom. The lowest BCUT2D eigenvalue weighted by Crippen LogP contribution is -2.13. The van der Waals surface area contributed by atoms with Crippen LogP contribution in [0.25, 0.3) is 0 Å². The molecule has 2 aromatic carbocycles. The van der Waals surface area contributed by atoms with E-state index in [1.165, 1.54) is 12.1 Å². The van der Waals surface area contributed by atoms with Crippen LogP contribution in [0.4, 0.5) is 13.2 Å². The Morgan fingerprint density at radius 3 is 2.76 bits per heavy atom. The van der Waals surface area contributed by atoms with Gasteiger partial charge in [0.1, 0.15) is 0 Å². The van der Waals surface area contributed by atoms with Crippen molar-refractivity contribution in [2.75, 3.05) is 5.75 Å². The Bertz CT molecular complexity index is 846. The minimum atomic E-state index is -4.51. The molecule has 3 rings (SSSR count). The third-order valence-corrected chi connectivity index (χ3v) is 4.78. The van der Waals surface area contributed by atoms with Gasteiger partial charge in [-0.1, -0.05) is 22.9 Å². The van der Waals surface area contributed by atoms with Crippen molar-refractivity contribution < 1.29 is 22.8 Å². The number of hydrogen-bond donors (Lipinski definition) is 0. The van der Waals surface area contributed by atoms with Crippen LogP contribution in [0.1, 0.15) is 33.5 Å². The second-order valence-electron chi connectivity index (χ2n) is 5.59. The first-order valence-corrected chi connectivity index (χ1v) is 8.52. The van der Waals surface area contributed by atoms with Crippen molar-refractivity contribution in [2.45, 2.75) is 24.4 Å². The molecule has 130 valence electrons. The number of oxime groups is 1. The molecule has 0 saturated heterocycles. The van der Waals surface area contributed by atoms with E-state index in [0.29, 0.717) is 12.1 Å². The fourth-order valence-electron chi connectivity index (χ4n) is 2.45. The van der Waals surface area contributed by atoms with Crippen LogP contribution in [-0.2, 0) is 11.0 Å². The summed E-state index contributed by atoms with van der Waals surface area (Å²) in [6, 6.07) is 10.0. The highest BCUT2D eigenvalue weighted by molar-refractivity contribution is 7.99. The normalized spacial score (nSPS) is 15.8. The molecular weight excluding hydrogens is 351 g/mol. The van der Waals surface area contributed by atoms with Crippen LogP contribution in [-0.4, -0.2) is 17.4 Å². The number of rotatable bonds is 2. The number of benzene rings is 2. The fourth-order valence-corrected chi connectivity index (χ4v) is 3.47.